The van der Waals surface area contributed by atoms with Crippen LogP contribution in [0.3, 0.4) is 0 Å². The third-order valence-corrected chi connectivity index (χ3v) is 7.21. The highest BCUT2D eigenvalue weighted by Crippen LogP contribution is 2.29. The van der Waals surface area contributed by atoms with Crippen LogP contribution in [0.2, 0.25) is 0 Å². The largest absolute Gasteiger partial charge is 0.494 e. The van der Waals surface area contributed by atoms with Crippen molar-refractivity contribution in [1.82, 2.24) is 19.6 Å². The molecular weight excluding hydrogens is 459 g/mol. The van der Waals surface area contributed by atoms with Crippen LogP contribution in [0.1, 0.15) is 34.3 Å². The summed E-state index contributed by atoms with van der Waals surface area (Å²) < 4.78 is 20.7. The second kappa shape index (κ2) is 11.4. The number of hydrogen-bond acceptors (Lipinski definition) is 4. The van der Waals surface area contributed by atoms with Crippen molar-refractivity contribution in [1.29, 1.82) is 0 Å². The SMILES string of the molecule is COc1ccc(C(=O)N2CCC([C@@H](Cc3ccccc3C)N(C)C(=O)Cn3cccn3)CC2)cc1F. The van der Waals surface area contributed by atoms with Gasteiger partial charge in [-0.1, -0.05) is 24.3 Å². The average Bonchev–Trinajstić information content (AvgIpc) is 3.40. The van der Waals surface area contributed by atoms with Gasteiger partial charge < -0.3 is 14.5 Å². The second-order valence-electron chi connectivity index (χ2n) is 9.39. The molecule has 1 fully saturated rings. The van der Waals surface area contributed by atoms with Gasteiger partial charge in [-0.3, -0.25) is 14.3 Å². The van der Waals surface area contributed by atoms with E-state index in [0.717, 1.165) is 19.3 Å². The molecule has 1 aliphatic rings. The number of piperidine rings is 1. The van der Waals surface area contributed by atoms with E-state index >= 15 is 0 Å². The van der Waals surface area contributed by atoms with Crippen molar-refractivity contribution in [2.24, 2.45) is 5.92 Å². The number of aromatic nitrogens is 2. The molecule has 3 aromatic rings. The number of methoxy groups -OCH3 is 1. The number of halogens is 1. The first kappa shape index (κ1) is 25.4. The second-order valence-corrected chi connectivity index (χ2v) is 9.39. The molecule has 1 aliphatic heterocycles. The Balaban J connectivity index is 1.47. The number of ether oxygens (including phenoxy) is 1. The molecule has 1 saturated heterocycles. The van der Waals surface area contributed by atoms with Gasteiger partial charge in [0, 0.05) is 44.1 Å². The Morgan fingerprint density at radius 3 is 2.56 bits per heavy atom. The van der Waals surface area contributed by atoms with Crippen molar-refractivity contribution in [3.05, 3.63) is 83.4 Å². The number of rotatable bonds is 8. The van der Waals surface area contributed by atoms with Crippen molar-refractivity contribution < 1.29 is 18.7 Å². The maximum Gasteiger partial charge on any atom is 0.253 e. The number of likely N-dealkylation sites (N-methyl/N-ethyl adjacent to an activating group) is 1. The molecule has 4 rings (SSSR count). The maximum atomic E-state index is 14.1. The minimum Gasteiger partial charge on any atom is -0.494 e. The summed E-state index contributed by atoms with van der Waals surface area (Å²) in [4.78, 5) is 29.8. The third kappa shape index (κ3) is 5.75. The zero-order chi connectivity index (χ0) is 25.7. The lowest BCUT2D eigenvalue weighted by Crippen LogP contribution is -2.49. The van der Waals surface area contributed by atoms with E-state index in [-0.39, 0.29) is 36.1 Å². The van der Waals surface area contributed by atoms with E-state index < -0.39 is 5.82 Å². The van der Waals surface area contributed by atoms with Gasteiger partial charge in [-0.2, -0.15) is 5.10 Å². The molecule has 0 aliphatic carbocycles. The Hall–Kier alpha value is -3.68. The molecule has 0 bridgehead atoms. The van der Waals surface area contributed by atoms with Gasteiger partial charge in [0.15, 0.2) is 11.6 Å². The van der Waals surface area contributed by atoms with Gasteiger partial charge in [-0.25, -0.2) is 4.39 Å². The maximum absolute atomic E-state index is 14.1. The molecule has 0 N–H and O–H groups in total. The minimum atomic E-state index is -0.547. The summed E-state index contributed by atoms with van der Waals surface area (Å²) in [6.07, 6.45) is 5.73. The lowest BCUT2D eigenvalue weighted by atomic mass is 9.84. The van der Waals surface area contributed by atoms with Crippen LogP contribution in [0.4, 0.5) is 4.39 Å². The third-order valence-electron chi connectivity index (χ3n) is 7.21. The number of nitrogens with zero attached hydrogens (tertiary/aromatic N) is 4. The quantitative estimate of drug-likeness (QED) is 0.477. The van der Waals surface area contributed by atoms with Crippen LogP contribution in [0.15, 0.2) is 60.9 Å². The van der Waals surface area contributed by atoms with E-state index in [0.29, 0.717) is 18.7 Å². The highest BCUT2D eigenvalue weighted by molar-refractivity contribution is 5.94. The van der Waals surface area contributed by atoms with Crippen LogP contribution >= 0.6 is 0 Å². The van der Waals surface area contributed by atoms with Crippen LogP contribution in [-0.4, -0.2) is 64.7 Å². The summed E-state index contributed by atoms with van der Waals surface area (Å²) in [6.45, 7) is 3.40. The first-order chi connectivity index (χ1) is 17.4. The summed E-state index contributed by atoms with van der Waals surface area (Å²) >= 11 is 0. The van der Waals surface area contributed by atoms with E-state index in [1.165, 1.54) is 30.4 Å². The van der Waals surface area contributed by atoms with Crippen LogP contribution in [0.25, 0.3) is 0 Å². The number of carbonyl (C=O) groups is 2. The van der Waals surface area contributed by atoms with Crippen molar-refractivity contribution in [3.8, 4) is 5.75 Å². The standard InChI is InChI=1S/C28H33FN4O3/c1-20-7-4-5-8-22(20)18-25(31(2)27(34)19-33-14-6-13-30-33)21-11-15-32(16-12-21)28(35)23-9-10-26(36-3)24(29)17-23/h4-10,13-14,17,21,25H,11-12,15-16,18-19H2,1-3H3/t25-/m1/s1. The van der Waals surface area contributed by atoms with Crippen LogP contribution < -0.4 is 4.74 Å². The normalized spacial score (nSPS) is 14.9. The van der Waals surface area contributed by atoms with Gasteiger partial charge in [-0.05, 0) is 67.5 Å². The number of aryl methyl sites for hydroxylation is 1. The Labute approximate surface area is 211 Å². The lowest BCUT2D eigenvalue weighted by Gasteiger charge is -2.40. The summed E-state index contributed by atoms with van der Waals surface area (Å²) in [6, 6.07) is 14.4. The molecule has 2 aromatic carbocycles. The molecule has 190 valence electrons. The van der Waals surface area contributed by atoms with Gasteiger partial charge in [0.1, 0.15) is 6.54 Å². The summed E-state index contributed by atoms with van der Waals surface area (Å²) in [5.74, 6) is -0.383. The van der Waals surface area contributed by atoms with E-state index in [1.807, 2.05) is 24.1 Å². The molecule has 2 amide bonds. The summed E-state index contributed by atoms with van der Waals surface area (Å²) in [5, 5.41) is 4.17. The zero-order valence-electron chi connectivity index (χ0n) is 21.1. The van der Waals surface area contributed by atoms with Crippen molar-refractivity contribution in [2.45, 2.75) is 38.8 Å². The summed E-state index contributed by atoms with van der Waals surface area (Å²) in [7, 11) is 3.27. The molecule has 0 radical (unpaired) electrons. The van der Waals surface area contributed by atoms with E-state index in [9.17, 15) is 14.0 Å². The average molecular weight is 493 g/mol. The van der Waals surface area contributed by atoms with Crippen LogP contribution in [-0.2, 0) is 17.8 Å². The van der Waals surface area contributed by atoms with Crippen molar-refractivity contribution >= 4 is 11.8 Å². The number of likely N-dealkylation sites (tertiary alicyclic amines) is 1. The number of benzene rings is 2. The lowest BCUT2D eigenvalue weighted by molar-refractivity contribution is -0.134. The van der Waals surface area contributed by atoms with Crippen molar-refractivity contribution in [2.75, 3.05) is 27.2 Å². The number of hydrogen-bond donors (Lipinski definition) is 0. The molecule has 1 aromatic heterocycles. The van der Waals surface area contributed by atoms with E-state index in [1.54, 1.807) is 34.1 Å². The molecule has 0 saturated carbocycles. The predicted molar refractivity (Wildman–Crippen MR) is 135 cm³/mol. The number of carbonyl (C=O) groups excluding carboxylic acids is 2. The topological polar surface area (TPSA) is 67.7 Å². The first-order valence-corrected chi connectivity index (χ1v) is 12.3. The highest BCUT2D eigenvalue weighted by Gasteiger charge is 2.33. The molecule has 8 heteroatoms. The Kier molecular flexibility index (Phi) is 8.03. The molecule has 1 atom stereocenters. The Morgan fingerprint density at radius 1 is 1.17 bits per heavy atom. The zero-order valence-corrected chi connectivity index (χ0v) is 21.1. The highest BCUT2D eigenvalue weighted by atomic mass is 19.1. The molecular formula is C28H33FN4O3. The smallest absolute Gasteiger partial charge is 0.253 e. The van der Waals surface area contributed by atoms with Gasteiger partial charge >= 0.3 is 0 Å². The Bertz CT molecular complexity index is 1190. The minimum absolute atomic E-state index is 0.00417. The fourth-order valence-corrected chi connectivity index (χ4v) is 4.98. The molecule has 2 heterocycles. The molecule has 0 spiro atoms. The Morgan fingerprint density at radius 2 is 1.92 bits per heavy atom. The van der Waals surface area contributed by atoms with Gasteiger partial charge in [-0.15, -0.1) is 0 Å². The number of amides is 2. The van der Waals surface area contributed by atoms with Crippen LogP contribution in [0.5, 0.6) is 5.75 Å². The predicted octanol–water partition coefficient (Wildman–Crippen LogP) is 3.96. The molecule has 0 unspecified atom stereocenters. The summed E-state index contributed by atoms with van der Waals surface area (Å²) in [5.41, 5.74) is 2.73. The van der Waals surface area contributed by atoms with Gasteiger partial charge in [0.25, 0.3) is 5.91 Å². The first-order valence-electron chi connectivity index (χ1n) is 12.3. The molecule has 7 nitrogen and oxygen atoms in total. The van der Waals surface area contributed by atoms with E-state index in [2.05, 4.69) is 24.2 Å². The van der Waals surface area contributed by atoms with Crippen LogP contribution in [0, 0.1) is 18.7 Å². The van der Waals surface area contributed by atoms with Crippen molar-refractivity contribution in [3.63, 3.8) is 0 Å². The van der Waals surface area contributed by atoms with Gasteiger partial charge in [0.2, 0.25) is 5.91 Å². The van der Waals surface area contributed by atoms with Gasteiger partial charge in [0.05, 0.1) is 7.11 Å². The monoisotopic (exact) mass is 492 g/mol. The van der Waals surface area contributed by atoms with E-state index in [4.69, 9.17) is 4.74 Å². The fraction of sp³-hybridized carbons (Fsp3) is 0.393. The molecule has 36 heavy (non-hydrogen) atoms. The fourth-order valence-electron chi connectivity index (χ4n) is 4.98.